The minimum atomic E-state index is -0.176. The maximum absolute atomic E-state index is 12.7. The first-order valence-corrected chi connectivity index (χ1v) is 9.92. The Morgan fingerprint density at radius 3 is 3.00 bits per heavy atom. The van der Waals surface area contributed by atoms with Crippen LogP contribution in [-0.4, -0.2) is 48.0 Å². The average Bonchev–Trinajstić information content (AvgIpc) is 3.41. The number of aromatic nitrogens is 5. The number of hydrogen-bond donors (Lipinski definition) is 2. The molecular weight excluding hydrogens is 366 g/mol. The molecule has 1 fully saturated rings. The van der Waals surface area contributed by atoms with Gasteiger partial charge in [-0.2, -0.15) is 0 Å². The van der Waals surface area contributed by atoms with Gasteiger partial charge in [0.15, 0.2) is 5.65 Å². The van der Waals surface area contributed by atoms with Crippen molar-refractivity contribution in [1.29, 1.82) is 0 Å². The quantitative estimate of drug-likeness (QED) is 0.559. The summed E-state index contributed by atoms with van der Waals surface area (Å²) in [6.07, 6.45) is 4.25. The molecule has 4 heterocycles. The van der Waals surface area contributed by atoms with Gasteiger partial charge in [0.2, 0.25) is 0 Å². The van der Waals surface area contributed by atoms with Crippen LogP contribution in [0, 0.1) is 6.92 Å². The number of likely N-dealkylation sites (tertiary alicyclic amines) is 1. The number of rotatable bonds is 4. The fourth-order valence-electron chi connectivity index (χ4n) is 3.98. The molecule has 1 aliphatic rings. The topological polar surface area (TPSA) is 91.2 Å². The molecule has 1 amide bonds. The van der Waals surface area contributed by atoms with Crippen molar-refractivity contribution in [3.8, 4) is 0 Å². The number of carbonyl (C=O) groups is 1. The van der Waals surface area contributed by atoms with Crippen molar-refractivity contribution in [1.82, 2.24) is 29.5 Å². The normalized spacial score (nSPS) is 17.4. The molecule has 148 valence electrons. The number of hydrogen-bond acceptors (Lipinski definition) is 5. The number of nitrogens with one attached hydrogen (secondary N) is 2. The van der Waals surface area contributed by atoms with Gasteiger partial charge in [-0.3, -0.25) is 14.1 Å². The second-order valence-corrected chi connectivity index (χ2v) is 7.72. The first-order chi connectivity index (χ1) is 14.1. The van der Waals surface area contributed by atoms with Crippen LogP contribution in [0.3, 0.4) is 0 Å². The summed E-state index contributed by atoms with van der Waals surface area (Å²) in [6.45, 7) is 6.07. The Hall–Kier alpha value is -3.26. The number of aromatic amines is 1. The molecule has 1 atom stereocenters. The van der Waals surface area contributed by atoms with Crippen LogP contribution in [0.15, 0.2) is 36.5 Å². The zero-order valence-electron chi connectivity index (χ0n) is 16.5. The van der Waals surface area contributed by atoms with E-state index in [4.69, 9.17) is 4.98 Å². The molecule has 0 radical (unpaired) electrons. The van der Waals surface area contributed by atoms with Crippen molar-refractivity contribution in [2.75, 3.05) is 11.9 Å². The third-order valence-electron chi connectivity index (χ3n) is 5.67. The van der Waals surface area contributed by atoms with Gasteiger partial charge in [-0.15, -0.1) is 10.2 Å². The lowest BCUT2D eigenvalue weighted by Gasteiger charge is -2.19. The molecule has 8 nitrogen and oxygen atoms in total. The first kappa shape index (κ1) is 17.8. The smallest absolute Gasteiger partial charge is 0.257 e. The lowest BCUT2D eigenvalue weighted by molar-refractivity contribution is 0.102. The highest BCUT2D eigenvalue weighted by molar-refractivity contribution is 6.04. The maximum atomic E-state index is 12.7. The minimum absolute atomic E-state index is 0.176. The Morgan fingerprint density at radius 1 is 1.28 bits per heavy atom. The maximum Gasteiger partial charge on any atom is 0.257 e. The van der Waals surface area contributed by atoms with Gasteiger partial charge in [-0.1, -0.05) is 0 Å². The van der Waals surface area contributed by atoms with Crippen LogP contribution in [0.25, 0.3) is 16.7 Å². The Bertz CT molecular complexity index is 1210. The highest BCUT2D eigenvalue weighted by Crippen LogP contribution is 2.22. The molecule has 0 spiro atoms. The molecule has 0 unspecified atom stereocenters. The number of anilines is 1. The van der Waals surface area contributed by atoms with Gasteiger partial charge >= 0.3 is 0 Å². The summed E-state index contributed by atoms with van der Waals surface area (Å²) in [5, 5.41) is 11.0. The third kappa shape index (κ3) is 3.36. The highest BCUT2D eigenvalue weighted by Gasteiger charge is 2.21. The molecule has 0 aliphatic carbocycles. The van der Waals surface area contributed by atoms with Gasteiger partial charge in [0.25, 0.3) is 5.91 Å². The van der Waals surface area contributed by atoms with E-state index in [0.717, 1.165) is 47.1 Å². The molecule has 3 aromatic heterocycles. The fraction of sp³-hybridized carbons (Fsp3) is 0.333. The Labute approximate surface area is 168 Å². The number of nitrogens with zero attached hydrogens (tertiary/aromatic N) is 5. The zero-order chi connectivity index (χ0) is 20.0. The predicted molar refractivity (Wildman–Crippen MR) is 111 cm³/mol. The molecule has 1 saturated heterocycles. The van der Waals surface area contributed by atoms with E-state index in [1.165, 1.54) is 12.8 Å². The number of imidazole rings is 1. The number of aryl methyl sites for hydroxylation is 1. The van der Waals surface area contributed by atoms with Gasteiger partial charge in [-0.25, -0.2) is 4.98 Å². The zero-order valence-corrected chi connectivity index (χ0v) is 16.5. The summed E-state index contributed by atoms with van der Waals surface area (Å²) >= 11 is 0. The van der Waals surface area contributed by atoms with Crippen LogP contribution in [0.1, 0.15) is 41.8 Å². The largest absolute Gasteiger partial charge is 0.341 e. The Morgan fingerprint density at radius 2 is 2.17 bits per heavy atom. The van der Waals surface area contributed by atoms with E-state index in [2.05, 4.69) is 32.3 Å². The van der Waals surface area contributed by atoms with E-state index < -0.39 is 0 Å². The number of carbonyl (C=O) groups excluding carboxylic acids is 1. The molecule has 8 heteroatoms. The number of H-pyrrole nitrogens is 1. The lowest BCUT2D eigenvalue weighted by Crippen LogP contribution is -2.26. The van der Waals surface area contributed by atoms with Crippen LogP contribution < -0.4 is 5.32 Å². The minimum Gasteiger partial charge on any atom is -0.341 e. The van der Waals surface area contributed by atoms with Gasteiger partial charge in [0.1, 0.15) is 11.6 Å². The molecule has 0 saturated carbocycles. The molecular formula is C21H23N7O. The van der Waals surface area contributed by atoms with Crippen molar-refractivity contribution in [3.05, 3.63) is 53.7 Å². The van der Waals surface area contributed by atoms with Crippen molar-refractivity contribution >= 4 is 28.3 Å². The Kier molecular flexibility index (Phi) is 4.28. The van der Waals surface area contributed by atoms with Crippen LogP contribution in [0.2, 0.25) is 0 Å². The van der Waals surface area contributed by atoms with Crippen molar-refractivity contribution in [2.24, 2.45) is 0 Å². The lowest BCUT2D eigenvalue weighted by atomic mass is 10.2. The van der Waals surface area contributed by atoms with Crippen LogP contribution in [0.5, 0.6) is 0 Å². The van der Waals surface area contributed by atoms with E-state index >= 15 is 0 Å². The summed E-state index contributed by atoms with van der Waals surface area (Å²) < 4.78 is 1.80. The van der Waals surface area contributed by atoms with Crippen molar-refractivity contribution in [2.45, 2.75) is 39.3 Å². The molecule has 29 heavy (non-hydrogen) atoms. The summed E-state index contributed by atoms with van der Waals surface area (Å²) in [5.41, 5.74) is 3.83. The number of benzene rings is 1. The van der Waals surface area contributed by atoms with Crippen molar-refractivity contribution in [3.63, 3.8) is 0 Å². The van der Waals surface area contributed by atoms with Gasteiger partial charge in [-0.05, 0) is 63.6 Å². The van der Waals surface area contributed by atoms with E-state index in [0.29, 0.717) is 11.6 Å². The second kappa shape index (κ2) is 6.97. The summed E-state index contributed by atoms with van der Waals surface area (Å²) in [6, 6.07) is 9.89. The number of fused-ring (bicyclic) bond motifs is 2. The third-order valence-corrected chi connectivity index (χ3v) is 5.67. The summed E-state index contributed by atoms with van der Waals surface area (Å²) in [7, 11) is 0. The number of amides is 1. The van der Waals surface area contributed by atoms with Gasteiger partial charge in [0, 0.05) is 17.9 Å². The standard InChI is InChI=1S/C21H23N7O/c1-13-4-3-9-27(13)12-19-23-17-7-6-16(10-18(17)24-19)22-21(29)15-5-8-20-26-25-14(2)28(20)11-15/h5-8,10-11,13H,3-4,9,12H2,1-2H3,(H,22,29)(H,23,24)/t13-/m0/s1. The van der Waals surface area contributed by atoms with Gasteiger partial charge in [0.05, 0.1) is 23.1 Å². The van der Waals surface area contributed by atoms with E-state index in [1.807, 2.05) is 25.1 Å². The predicted octanol–water partition coefficient (Wildman–Crippen LogP) is 3.15. The van der Waals surface area contributed by atoms with E-state index in [9.17, 15) is 4.79 Å². The molecule has 1 aromatic carbocycles. The second-order valence-electron chi connectivity index (χ2n) is 7.72. The molecule has 2 N–H and O–H groups in total. The highest BCUT2D eigenvalue weighted by atomic mass is 16.1. The molecule has 1 aliphatic heterocycles. The molecule has 4 aromatic rings. The SMILES string of the molecule is Cc1nnc2ccc(C(=O)Nc3ccc4nc(CN5CCC[C@@H]5C)[nH]c4c3)cn12. The molecule has 5 rings (SSSR count). The first-order valence-electron chi connectivity index (χ1n) is 9.92. The Balaban J connectivity index is 1.35. The van der Waals surface area contributed by atoms with Crippen molar-refractivity contribution < 1.29 is 4.79 Å². The van der Waals surface area contributed by atoms with Crippen LogP contribution >= 0.6 is 0 Å². The average molecular weight is 389 g/mol. The van der Waals surface area contributed by atoms with E-state index in [-0.39, 0.29) is 5.91 Å². The monoisotopic (exact) mass is 389 g/mol. The summed E-state index contributed by atoms with van der Waals surface area (Å²) in [4.78, 5) is 23.2. The van der Waals surface area contributed by atoms with Crippen LogP contribution in [-0.2, 0) is 6.54 Å². The fourth-order valence-corrected chi connectivity index (χ4v) is 3.98. The van der Waals surface area contributed by atoms with Crippen LogP contribution in [0.4, 0.5) is 5.69 Å². The summed E-state index contributed by atoms with van der Waals surface area (Å²) in [5.74, 6) is 1.53. The number of pyridine rings is 1. The van der Waals surface area contributed by atoms with Gasteiger partial charge < -0.3 is 10.3 Å². The molecule has 0 bridgehead atoms. The van der Waals surface area contributed by atoms with E-state index in [1.54, 1.807) is 22.7 Å².